The maximum absolute atomic E-state index is 10.4. The predicted molar refractivity (Wildman–Crippen MR) is 109 cm³/mol. The quantitative estimate of drug-likeness (QED) is 0.165. The maximum atomic E-state index is 10.4. The topological polar surface area (TPSA) is 57.2 Å². The van der Waals surface area contributed by atoms with Gasteiger partial charge in [0.1, 0.15) is 10.1 Å². The van der Waals surface area contributed by atoms with E-state index in [1.807, 2.05) is 6.92 Å². The van der Waals surface area contributed by atoms with Gasteiger partial charge in [0.15, 0.2) is 6.00 Å². The Morgan fingerprint density at radius 3 is 1.81 bits per heavy atom. The largest absolute Gasteiger partial charge is 0.744 e. The number of hydrogen-bond donors (Lipinski definition) is 0. The number of aryl methyl sites for hydroxylation is 1. The molecule has 0 heterocycles. The highest BCUT2D eigenvalue weighted by Gasteiger charge is 2.18. The molecule has 0 aliphatic carbocycles. The van der Waals surface area contributed by atoms with Gasteiger partial charge in [-0.2, -0.15) is 0 Å². The zero-order valence-electron chi connectivity index (χ0n) is 16.8. The summed E-state index contributed by atoms with van der Waals surface area (Å²) >= 11 is 6.07. The summed E-state index contributed by atoms with van der Waals surface area (Å²) in [5, 5.41) is 0. The van der Waals surface area contributed by atoms with E-state index in [4.69, 9.17) is 11.6 Å². The Labute approximate surface area is 165 Å². The average Bonchev–Trinajstić information content (AvgIpc) is 2.59. The lowest BCUT2D eigenvalue weighted by molar-refractivity contribution is -0.899. The van der Waals surface area contributed by atoms with Crippen molar-refractivity contribution in [2.45, 2.75) is 70.6 Å². The first-order valence-corrected chi connectivity index (χ1v) is 11.5. The molecule has 1 aromatic rings. The fourth-order valence-electron chi connectivity index (χ4n) is 2.60. The van der Waals surface area contributed by atoms with Gasteiger partial charge in [-0.3, -0.25) is 0 Å². The first-order chi connectivity index (χ1) is 12.2. The van der Waals surface area contributed by atoms with Crippen molar-refractivity contribution in [1.82, 2.24) is 0 Å². The van der Waals surface area contributed by atoms with E-state index in [1.54, 1.807) is 12.1 Å². The van der Waals surface area contributed by atoms with Gasteiger partial charge >= 0.3 is 0 Å². The average molecular weight is 406 g/mol. The number of unbranched alkanes of at least 4 members (excludes halogenated alkanes) is 5. The number of alkyl halides is 1. The molecule has 0 amide bonds. The van der Waals surface area contributed by atoms with E-state index in [0.29, 0.717) is 0 Å². The Morgan fingerprint density at radius 2 is 1.38 bits per heavy atom. The highest BCUT2D eigenvalue weighted by Crippen LogP contribution is 2.12. The van der Waals surface area contributed by atoms with Crippen LogP contribution in [0.5, 0.6) is 0 Å². The molecule has 0 aliphatic rings. The van der Waals surface area contributed by atoms with E-state index in [9.17, 15) is 13.0 Å². The fraction of sp³-hybridized carbons (Fsp3) is 0.700. The van der Waals surface area contributed by atoms with Crippen molar-refractivity contribution >= 4 is 21.7 Å². The first-order valence-electron chi connectivity index (χ1n) is 9.60. The van der Waals surface area contributed by atoms with Crippen molar-refractivity contribution in [1.29, 1.82) is 0 Å². The molecular formula is C20H36ClNO3S. The first kappa shape index (κ1) is 25.4. The van der Waals surface area contributed by atoms with Crippen LogP contribution in [-0.4, -0.2) is 43.6 Å². The molecule has 0 fully saturated rings. The maximum Gasteiger partial charge on any atom is 0.154 e. The Kier molecular flexibility index (Phi) is 13.2. The van der Waals surface area contributed by atoms with Gasteiger partial charge in [-0.25, -0.2) is 8.42 Å². The summed E-state index contributed by atoms with van der Waals surface area (Å²) in [6.45, 7) is 8.85. The number of halogens is 1. The highest BCUT2D eigenvalue weighted by atomic mass is 35.5. The molecule has 0 aliphatic heterocycles. The zero-order valence-corrected chi connectivity index (χ0v) is 18.4. The molecule has 0 aromatic heterocycles. The van der Waals surface area contributed by atoms with Crippen molar-refractivity contribution in [3.63, 3.8) is 0 Å². The summed E-state index contributed by atoms with van der Waals surface area (Å²) in [5.41, 5.74) is 0.928. The molecule has 0 radical (unpaired) electrons. The standard InChI is InChI=1S/C13H29ClN.C7H8O3S/c1-4-6-8-10-12-15(3,13-14)11-9-7-5-2;1-6-2-4-7(5-3-6)11(8,9)10/h4-13H2,1-3H3;2-5H,1H3,(H,8,9,10)/q+1;/p-1. The monoisotopic (exact) mass is 405 g/mol. The molecule has 1 atom stereocenters. The lowest BCUT2D eigenvalue weighted by atomic mass is 10.1. The van der Waals surface area contributed by atoms with Crippen molar-refractivity contribution in [2.75, 3.05) is 26.1 Å². The Bertz CT molecular complexity index is 575. The predicted octanol–water partition coefficient (Wildman–Crippen LogP) is 5.30. The third kappa shape index (κ3) is 11.9. The molecule has 4 nitrogen and oxygen atoms in total. The minimum absolute atomic E-state index is 0.178. The van der Waals surface area contributed by atoms with Gasteiger partial charge < -0.3 is 9.04 Å². The second-order valence-electron chi connectivity index (χ2n) is 7.22. The molecule has 1 unspecified atom stereocenters. The zero-order chi connectivity index (χ0) is 20.1. The second kappa shape index (κ2) is 13.5. The van der Waals surface area contributed by atoms with E-state index < -0.39 is 10.1 Å². The third-order valence-electron chi connectivity index (χ3n) is 4.45. The minimum Gasteiger partial charge on any atom is -0.744 e. The molecule has 0 saturated carbocycles. The Morgan fingerprint density at radius 1 is 0.923 bits per heavy atom. The van der Waals surface area contributed by atoms with Crippen LogP contribution in [0.1, 0.15) is 64.4 Å². The van der Waals surface area contributed by atoms with Gasteiger partial charge in [-0.05, 0) is 44.7 Å². The fourth-order valence-corrected chi connectivity index (χ4v) is 3.31. The molecule has 0 saturated heterocycles. The Balaban J connectivity index is 0.000000502. The number of quaternary nitrogens is 1. The molecule has 152 valence electrons. The van der Waals surface area contributed by atoms with Crippen molar-refractivity contribution in [2.24, 2.45) is 0 Å². The molecule has 6 heteroatoms. The van der Waals surface area contributed by atoms with Gasteiger partial charge in [0.2, 0.25) is 0 Å². The van der Waals surface area contributed by atoms with Crippen LogP contribution in [0.4, 0.5) is 0 Å². The summed E-state index contributed by atoms with van der Waals surface area (Å²) in [4.78, 5) is -0.178. The van der Waals surface area contributed by atoms with Gasteiger partial charge in [-0.15, -0.1) is 0 Å². The molecule has 0 bridgehead atoms. The van der Waals surface area contributed by atoms with Crippen molar-refractivity contribution in [3.05, 3.63) is 29.8 Å². The number of nitrogens with zero attached hydrogens (tertiary/aromatic N) is 1. The number of benzene rings is 1. The van der Waals surface area contributed by atoms with Crippen LogP contribution in [0, 0.1) is 6.92 Å². The van der Waals surface area contributed by atoms with Crippen LogP contribution in [0.2, 0.25) is 0 Å². The van der Waals surface area contributed by atoms with Gasteiger partial charge in [0.05, 0.1) is 25.0 Å². The summed E-state index contributed by atoms with van der Waals surface area (Å²) in [7, 11) is -1.97. The summed E-state index contributed by atoms with van der Waals surface area (Å²) in [5.74, 6) is 0. The summed E-state index contributed by atoms with van der Waals surface area (Å²) in [6.07, 6.45) is 9.38. The lowest BCUT2D eigenvalue weighted by Crippen LogP contribution is -2.44. The summed E-state index contributed by atoms with van der Waals surface area (Å²) < 4.78 is 32.2. The van der Waals surface area contributed by atoms with Crippen molar-refractivity contribution in [3.8, 4) is 0 Å². The van der Waals surface area contributed by atoms with Gasteiger partial charge in [0.25, 0.3) is 0 Å². The molecule has 0 spiro atoms. The van der Waals surface area contributed by atoms with Gasteiger partial charge in [-0.1, -0.05) is 62.4 Å². The van der Waals surface area contributed by atoms with E-state index in [1.165, 1.54) is 70.2 Å². The summed E-state index contributed by atoms with van der Waals surface area (Å²) in [6, 6.07) is 6.56. The second-order valence-corrected chi connectivity index (χ2v) is 8.84. The number of rotatable bonds is 11. The minimum atomic E-state index is -4.27. The van der Waals surface area contributed by atoms with Crippen LogP contribution < -0.4 is 0 Å². The van der Waals surface area contributed by atoms with E-state index in [-0.39, 0.29) is 4.90 Å². The van der Waals surface area contributed by atoms with E-state index in [0.717, 1.165) is 16.1 Å². The molecule has 0 N–H and O–H groups in total. The third-order valence-corrected chi connectivity index (χ3v) is 5.88. The van der Waals surface area contributed by atoms with Crippen LogP contribution in [0.25, 0.3) is 0 Å². The SMILES string of the molecule is CCCCCC[N+](C)(CCl)CCCCC.Cc1ccc(S(=O)(=O)[O-])cc1. The normalized spacial score (nSPS) is 13.6. The van der Waals surface area contributed by atoms with Crippen LogP contribution in [-0.2, 0) is 10.1 Å². The molecule has 1 aromatic carbocycles. The highest BCUT2D eigenvalue weighted by molar-refractivity contribution is 7.85. The lowest BCUT2D eigenvalue weighted by Gasteiger charge is -2.32. The van der Waals surface area contributed by atoms with E-state index >= 15 is 0 Å². The molecule has 26 heavy (non-hydrogen) atoms. The van der Waals surface area contributed by atoms with E-state index in [2.05, 4.69) is 20.9 Å². The number of hydrogen-bond acceptors (Lipinski definition) is 3. The Hall–Kier alpha value is -0.620. The smallest absolute Gasteiger partial charge is 0.154 e. The van der Waals surface area contributed by atoms with Crippen LogP contribution in [0.15, 0.2) is 29.2 Å². The molecular weight excluding hydrogens is 370 g/mol. The molecule has 1 rings (SSSR count). The van der Waals surface area contributed by atoms with Gasteiger partial charge in [0, 0.05) is 0 Å². The van der Waals surface area contributed by atoms with Crippen LogP contribution >= 0.6 is 11.6 Å². The van der Waals surface area contributed by atoms with Crippen molar-refractivity contribution < 1.29 is 17.5 Å². The van der Waals surface area contributed by atoms with Crippen LogP contribution in [0.3, 0.4) is 0 Å².